The third kappa shape index (κ3) is 3.61. The first-order valence-electron chi connectivity index (χ1n) is 7.57. The summed E-state index contributed by atoms with van der Waals surface area (Å²) in [5, 5.41) is 4.31. The van der Waals surface area contributed by atoms with Gasteiger partial charge in [0.2, 0.25) is 5.82 Å². The van der Waals surface area contributed by atoms with E-state index in [4.69, 9.17) is 10.2 Å². The lowest BCUT2D eigenvalue weighted by Gasteiger charge is -2.09. The number of pyridine rings is 1. The number of alkyl halides is 3. The van der Waals surface area contributed by atoms with Gasteiger partial charge in [-0.3, -0.25) is 0 Å². The zero-order valence-corrected chi connectivity index (χ0v) is 15.0. The number of anilines is 1. The summed E-state index contributed by atoms with van der Waals surface area (Å²) in [4.78, 5) is 4.39. The van der Waals surface area contributed by atoms with E-state index in [1.807, 2.05) is 0 Å². The number of benzene rings is 1. The van der Waals surface area contributed by atoms with Crippen LogP contribution >= 0.6 is 15.9 Å². The molecule has 0 radical (unpaired) electrons. The van der Waals surface area contributed by atoms with Crippen LogP contribution in [-0.2, 0) is 0 Å². The van der Waals surface area contributed by atoms with E-state index in [0.717, 1.165) is 0 Å². The Labute approximate surface area is 158 Å². The van der Waals surface area contributed by atoms with E-state index < -0.39 is 6.36 Å². The second kappa shape index (κ2) is 6.31. The summed E-state index contributed by atoms with van der Waals surface area (Å²) >= 11 is 3.22. The van der Waals surface area contributed by atoms with Crippen LogP contribution in [0.15, 0.2) is 57.6 Å². The Hall–Kier alpha value is -3.01. The predicted molar refractivity (Wildman–Crippen MR) is 94.9 cm³/mol. The quantitative estimate of drug-likeness (QED) is 0.492. The largest absolute Gasteiger partial charge is 0.573 e. The normalized spacial score (nSPS) is 11.9. The molecule has 138 valence electrons. The highest BCUT2D eigenvalue weighted by molar-refractivity contribution is 9.10. The van der Waals surface area contributed by atoms with Gasteiger partial charge in [-0.1, -0.05) is 12.1 Å². The molecule has 0 aliphatic rings. The summed E-state index contributed by atoms with van der Waals surface area (Å²) in [6, 6.07) is 12.3. The highest BCUT2D eigenvalue weighted by atomic mass is 79.9. The standard InChI is InChI=1S/C17H10BrF3N4O2/c18-13-6-5-12(26-13)16-23-15-8-10(7-14(22)25(15)24-16)9-1-3-11(4-2-9)27-17(19,20)21/h1-8H,22H2. The van der Waals surface area contributed by atoms with Gasteiger partial charge >= 0.3 is 6.36 Å². The van der Waals surface area contributed by atoms with Gasteiger partial charge in [0, 0.05) is 0 Å². The van der Waals surface area contributed by atoms with Crippen molar-refractivity contribution in [2.45, 2.75) is 6.36 Å². The molecule has 0 fully saturated rings. The molecule has 0 saturated heterocycles. The Balaban J connectivity index is 1.70. The molecule has 4 rings (SSSR count). The predicted octanol–water partition coefficient (Wildman–Crippen LogP) is 4.90. The van der Waals surface area contributed by atoms with Crippen LogP contribution in [0.3, 0.4) is 0 Å². The van der Waals surface area contributed by atoms with E-state index in [0.29, 0.717) is 38.8 Å². The zero-order valence-electron chi connectivity index (χ0n) is 13.4. The zero-order chi connectivity index (χ0) is 19.2. The van der Waals surface area contributed by atoms with Crippen molar-refractivity contribution in [1.29, 1.82) is 0 Å². The molecule has 0 unspecified atom stereocenters. The Kier molecular flexibility index (Phi) is 4.06. The Morgan fingerprint density at radius 2 is 1.78 bits per heavy atom. The van der Waals surface area contributed by atoms with Gasteiger partial charge in [0.05, 0.1) is 0 Å². The van der Waals surface area contributed by atoms with E-state index in [-0.39, 0.29) is 5.75 Å². The summed E-state index contributed by atoms with van der Waals surface area (Å²) in [5.74, 6) is 0.856. The second-order valence-corrected chi connectivity index (χ2v) is 6.33. The Morgan fingerprint density at radius 1 is 1.04 bits per heavy atom. The molecule has 3 heterocycles. The molecule has 0 amide bonds. The number of furan rings is 1. The molecule has 6 nitrogen and oxygen atoms in total. The van der Waals surface area contributed by atoms with Gasteiger partial charge in [0.15, 0.2) is 16.1 Å². The van der Waals surface area contributed by atoms with Gasteiger partial charge in [-0.15, -0.1) is 18.3 Å². The summed E-state index contributed by atoms with van der Waals surface area (Å²) in [6.07, 6.45) is -4.73. The molecule has 0 spiro atoms. The van der Waals surface area contributed by atoms with E-state index in [2.05, 4.69) is 30.7 Å². The molecule has 2 N–H and O–H groups in total. The van der Waals surface area contributed by atoms with E-state index in [1.54, 1.807) is 24.3 Å². The van der Waals surface area contributed by atoms with E-state index in [1.165, 1.54) is 28.8 Å². The fourth-order valence-electron chi connectivity index (χ4n) is 2.56. The van der Waals surface area contributed by atoms with Crippen molar-refractivity contribution in [3.05, 3.63) is 53.2 Å². The summed E-state index contributed by atoms with van der Waals surface area (Å²) in [7, 11) is 0. The summed E-state index contributed by atoms with van der Waals surface area (Å²) in [5.41, 5.74) is 7.86. The van der Waals surface area contributed by atoms with Crippen LogP contribution in [-0.4, -0.2) is 21.0 Å². The molecule has 0 saturated carbocycles. The maximum Gasteiger partial charge on any atom is 0.573 e. The van der Waals surface area contributed by atoms with Crippen LogP contribution in [0.2, 0.25) is 0 Å². The number of halogens is 4. The summed E-state index contributed by atoms with van der Waals surface area (Å²) < 4.78 is 48.1. The first kappa shape index (κ1) is 17.4. The van der Waals surface area contributed by atoms with Crippen molar-refractivity contribution in [3.63, 3.8) is 0 Å². The van der Waals surface area contributed by atoms with Crippen molar-refractivity contribution in [2.75, 3.05) is 5.73 Å². The van der Waals surface area contributed by atoms with E-state index >= 15 is 0 Å². The fourth-order valence-corrected chi connectivity index (χ4v) is 2.87. The SMILES string of the molecule is Nc1cc(-c2ccc(OC(F)(F)F)cc2)cc2nc(-c3ccc(Br)o3)nn12. The van der Waals surface area contributed by atoms with Crippen LogP contribution in [0.25, 0.3) is 28.4 Å². The molecule has 0 aliphatic heterocycles. The van der Waals surface area contributed by atoms with Gasteiger partial charge in [-0.25, -0.2) is 4.98 Å². The van der Waals surface area contributed by atoms with Crippen molar-refractivity contribution in [3.8, 4) is 28.5 Å². The van der Waals surface area contributed by atoms with Crippen molar-refractivity contribution < 1.29 is 22.3 Å². The molecular weight excluding hydrogens is 429 g/mol. The highest BCUT2D eigenvalue weighted by Crippen LogP contribution is 2.29. The minimum absolute atomic E-state index is 0.298. The first-order valence-corrected chi connectivity index (χ1v) is 8.36. The van der Waals surface area contributed by atoms with Crippen molar-refractivity contribution >= 4 is 27.4 Å². The van der Waals surface area contributed by atoms with Gasteiger partial charge < -0.3 is 14.9 Å². The van der Waals surface area contributed by atoms with Crippen LogP contribution in [0, 0.1) is 0 Å². The third-order valence-electron chi connectivity index (χ3n) is 3.68. The number of aromatic nitrogens is 3. The molecular formula is C17H10BrF3N4O2. The monoisotopic (exact) mass is 438 g/mol. The minimum atomic E-state index is -4.73. The number of nitrogens with zero attached hydrogens (tertiary/aromatic N) is 3. The number of nitrogen functional groups attached to an aromatic ring is 1. The topological polar surface area (TPSA) is 78.6 Å². The third-order valence-corrected chi connectivity index (χ3v) is 4.11. The minimum Gasteiger partial charge on any atom is -0.446 e. The van der Waals surface area contributed by atoms with Gasteiger partial charge in [-0.2, -0.15) is 4.52 Å². The second-order valence-electron chi connectivity index (χ2n) is 5.55. The molecule has 3 aromatic heterocycles. The lowest BCUT2D eigenvalue weighted by molar-refractivity contribution is -0.274. The van der Waals surface area contributed by atoms with E-state index in [9.17, 15) is 13.2 Å². The van der Waals surface area contributed by atoms with Crippen LogP contribution < -0.4 is 10.5 Å². The maximum absolute atomic E-state index is 12.3. The fraction of sp³-hybridized carbons (Fsp3) is 0.0588. The molecule has 27 heavy (non-hydrogen) atoms. The average molecular weight is 439 g/mol. The number of hydrogen-bond acceptors (Lipinski definition) is 5. The molecule has 0 bridgehead atoms. The maximum atomic E-state index is 12.3. The smallest absolute Gasteiger partial charge is 0.446 e. The van der Waals surface area contributed by atoms with Gasteiger partial charge in [0.25, 0.3) is 0 Å². The lowest BCUT2D eigenvalue weighted by atomic mass is 10.1. The number of hydrogen-bond donors (Lipinski definition) is 1. The molecule has 1 aromatic carbocycles. The van der Waals surface area contributed by atoms with Crippen molar-refractivity contribution in [1.82, 2.24) is 14.6 Å². The van der Waals surface area contributed by atoms with Gasteiger partial charge in [0.1, 0.15) is 11.6 Å². The van der Waals surface area contributed by atoms with Crippen molar-refractivity contribution in [2.24, 2.45) is 0 Å². The summed E-state index contributed by atoms with van der Waals surface area (Å²) in [6.45, 7) is 0. The first-order chi connectivity index (χ1) is 12.8. The molecule has 0 atom stereocenters. The molecule has 10 heteroatoms. The van der Waals surface area contributed by atoms with Gasteiger partial charge in [-0.05, 0) is 63.5 Å². The number of ether oxygens (including phenoxy) is 1. The number of rotatable bonds is 3. The Morgan fingerprint density at radius 3 is 2.41 bits per heavy atom. The average Bonchev–Trinajstić information content (AvgIpc) is 3.20. The highest BCUT2D eigenvalue weighted by Gasteiger charge is 2.31. The van der Waals surface area contributed by atoms with Crippen LogP contribution in [0.1, 0.15) is 0 Å². The lowest BCUT2D eigenvalue weighted by Crippen LogP contribution is -2.16. The number of nitrogens with two attached hydrogens (primary N) is 1. The number of fused-ring (bicyclic) bond motifs is 1. The van der Waals surface area contributed by atoms with Crippen LogP contribution in [0.5, 0.6) is 5.75 Å². The van der Waals surface area contributed by atoms with Crippen LogP contribution in [0.4, 0.5) is 19.0 Å². The Bertz CT molecular complexity index is 1120. The molecule has 0 aliphatic carbocycles. The molecule has 4 aromatic rings.